The van der Waals surface area contributed by atoms with Gasteiger partial charge >= 0.3 is 0 Å². The summed E-state index contributed by atoms with van der Waals surface area (Å²) in [4.78, 5) is 6.91. The van der Waals surface area contributed by atoms with Gasteiger partial charge in [-0.25, -0.2) is 4.98 Å². The molecule has 20 heavy (non-hydrogen) atoms. The van der Waals surface area contributed by atoms with Crippen molar-refractivity contribution in [1.82, 2.24) is 24.9 Å². The summed E-state index contributed by atoms with van der Waals surface area (Å²) in [5, 5.41) is 11.7. The first-order chi connectivity index (χ1) is 9.67. The number of rotatable bonds is 4. The second-order valence-electron chi connectivity index (χ2n) is 5.22. The molecule has 3 rings (SSSR count). The van der Waals surface area contributed by atoms with Gasteiger partial charge in [-0.3, -0.25) is 9.58 Å². The third-order valence-corrected chi connectivity index (χ3v) is 4.42. The van der Waals surface area contributed by atoms with Crippen LogP contribution in [0.1, 0.15) is 28.0 Å². The van der Waals surface area contributed by atoms with Crippen LogP contribution >= 0.6 is 11.3 Å². The average molecular weight is 293 g/mol. The van der Waals surface area contributed by atoms with Gasteiger partial charge in [0.25, 0.3) is 0 Å². The average Bonchev–Trinajstić information content (AvgIpc) is 2.97. The van der Waals surface area contributed by atoms with Gasteiger partial charge < -0.3 is 4.74 Å². The molecule has 2 aromatic heterocycles. The normalized spacial score (nSPS) is 19.2. The standard InChI is InChI=1S/C13H19N5OS/c1-9-14-11(8-20-9)5-18-4-10(7-19-3)13-12(6-18)15-16-17(13)2/h8,10H,4-7H2,1-3H3/t10-/m1/s1. The van der Waals surface area contributed by atoms with Crippen LogP contribution in [0.15, 0.2) is 5.38 Å². The van der Waals surface area contributed by atoms with E-state index in [4.69, 9.17) is 4.74 Å². The maximum Gasteiger partial charge on any atom is 0.100 e. The number of thiazole rings is 1. The van der Waals surface area contributed by atoms with Crippen molar-refractivity contribution >= 4 is 11.3 Å². The third-order valence-electron chi connectivity index (χ3n) is 3.60. The van der Waals surface area contributed by atoms with Crippen molar-refractivity contribution in [3.63, 3.8) is 0 Å². The number of aryl methyl sites for hydroxylation is 2. The number of aromatic nitrogens is 4. The third kappa shape index (κ3) is 2.61. The molecule has 0 aliphatic carbocycles. The molecule has 0 N–H and O–H groups in total. The summed E-state index contributed by atoms with van der Waals surface area (Å²) in [5.41, 5.74) is 3.40. The number of hydrogen-bond donors (Lipinski definition) is 0. The van der Waals surface area contributed by atoms with Crippen molar-refractivity contribution in [3.05, 3.63) is 27.5 Å². The molecular weight excluding hydrogens is 274 g/mol. The molecule has 2 aromatic rings. The van der Waals surface area contributed by atoms with Crippen LogP contribution < -0.4 is 0 Å². The molecule has 0 aromatic carbocycles. The van der Waals surface area contributed by atoms with Gasteiger partial charge in [0.1, 0.15) is 5.69 Å². The van der Waals surface area contributed by atoms with Crippen LogP contribution in [-0.2, 0) is 24.9 Å². The molecule has 0 fully saturated rings. The second-order valence-corrected chi connectivity index (χ2v) is 6.29. The Kier molecular flexibility index (Phi) is 3.82. The fraction of sp³-hybridized carbons (Fsp3) is 0.615. The fourth-order valence-electron chi connectivity index (χ4n) is 2.86. The first-order valence-corrected chi connectivity index (χ1v) is 7.56. The Morgan fingerprint density at radius 3 is 3.05 bits per heavy atom. The van der Waals surface area contributed by atoms with E-state index in [-0.39, 0.29) is 0 Å². The molecule has 3 heterocycles. The van der Waals surface area contributed by atoms with Gasteiger partial charge in [0.2, 0.25) is 0 Å². The van der Waals surface area contributed by atoms with Gasteiger partial charge in [0, 0.05) is 45.1 Å². The molecule has 1 aliphatic rings. The molecule has 0 bridgehead atoms. The highest BCUT2D eigenvalue weighted by Crippen LogP contribution is 2.27. The largest absolute Gasteiger partial charge is 0.384 e. The zero-order valence-electron chi connectivity index (χ0n) is 12.0. The van der Waals surface area contributed by atoms with Gasteiger partial charge in [-0.1, -0.05) is 5.21 Å². The number of nitrogens with zero attached hydrogens (tertiary/aromatic N) is 5. The second kappa shape index (κ2) is 5.59. The van der Waals surface area contributed by atoms with E-state index >= 15 is 0 Å². The van der Waals surface area contributed by atoms with Crippen molar-refractivity contribution in [2.45, 2.75) is 25.9 Å². The molecular formula is C13H19N5OS. The molecule has 0 unspecified atom stereocenters. The summed E-state index contributed by atoms with van der Waals surface area (Å²) in [5.74, 6) is 0.323. The smallest absolute Gasteiger partial charge is 0.100 e. The van der Waals surface area contributed by atoms with E-state index in [0.29, 0.717) is 12.5 Å². The molecule has 0 saturated carbocycles. The van der Waals surface area contributed by atoms with E-state index in [0.717, 1.165) is 36.0 Å². The predicted octanol–water partition coefficient (Wildman–Crippen LogP) is 1.33. The molecule has 0 amide bonds. The van der Waals surface area contributed by atoms with Crippen LogP contribution in [0.25, 0.3) is 0 Å². The van der Waals surface area contributed by atoms with Crippen molar-refractivity contribution in [2.75, 3.05) is 20.3 Å². The lowest BCUT2D eigenvalue weighted by Gasteiger charge is -2.31. The van der Waals surface area contributed by atoms with Crippen molar-refractivity contribution < 1.29 is 4.74 Å². The zero-order valence-corrected chi connectivity index (χ0v) is 12.9. The predicted molar refractivity (Wildman–Crippen MR) is 76.6 cm³/mol. The van der Waals surface area contributed by atoms with Crippen LogP contribution in [0.4, 0.5) is 0 Å². The Hall–Kier alpha value is -1.31. The first kappa shape index (κ1) is 13.7. The lowest BCUT2D eigenvalue weighted by molar-refractivity contribution is 0.131. The zero-order chi connectivity index (χ0) is 14.1. The molecule has 0 radical (unpaired) electrons. The first-order valence-electron chi connectivity index (χ1n) is 6.68. The Balaban J connectivity index is 1.79. The van der Waals surface area contributed by atoms with Crippen LogP contribution in [-0.4, -0.2) is 45.1 Å². The Morgan fingerprint density at radius 1 is 1.50 bits per heavy atom. The summed E-state index contributed by atoms with van der Waals surface area (Å²) in [6.07, 6.45) is 0. The summed E-state index contributed by atoms with van der Waals surface area (Å²) in [6.45, 7) is 5.39. The quantitative estimate of drug-likeness (QED) is 0.851. The minimum atomic E-state index is 0.323. The summed E-state index contributed by atoms with van der Waals surface area (Å²) in [7, 11) is 3.69. The molecule has 0 spiro atoms. The van der Waals surface area contributed by atoms with E-state index in [2.05, 4.69) is 25.6 Å². The van der Waals surface area contributed by atoms with Crippen molar-refractivity contribution in [2.24, 2.45) is 7.05 Å². The minimum absolute atomic E-state index is 0.323. The van der Waals surface area contributed by atoms with Gasteiger partial charge in [0.05, 0.1) is 23.0 Å². The highest BCUT2D eigenvalue weighted by atomic mass is 32.1. The number of hydrogen-bond acceptors (Lipinski definition) is 6. The van der Waals surface area contributed by atoms with Crippen molar-refractivity contribution in [1.29, 1.82) is 0 Å². The van der Waals surface area contributed by atoms with Crippen LogP contribution in [0.5, 0.6) is 0 Å². The van der Waals surface area contributed by atoms with Gasteiger partial charge in [-0.2, -0.15) is 0 Å². The summed E-state index contributed by atoms with van der Waals surface area (Å²) in [6, 6.07) is 0. The van der Waals surface area contributed by atoms with E-state index in [1.165, 1.54) is 5.69 Å². The van der Waals surface area contributed by atoms with Crippen LogP contribution in [0, 0.1) is 6.92 Å². The van der Waals surface area contributed by atoms with Crippen LogP contribution in [0.3, 0.4) is 0 Å². The number of methoxy groups -OCH3 is 1. The van der Waals surface area contributed by atoms with E-state index in [1.54, 1.807) is 18.4 Å². The highest BCUT2D eigenvalue weighted by molar-refractivity contribution is 7.09. The van der Waals surface area contributed by atoms with E-state index < -0.39 is 0 Å². The lowest BCUT2D eigenvalue weighted by atomic mass is 9.99. The minimum Gasteiger partial charge on any atom is -0.384 e. The van der Waals surface area contributed by atoms with Gasteiger partial charge in [-0.05, 0) is 6.92 Å². The molecule has 6 nitrogen and oxygen atoms in total. The maximum absolute atomic E-state index is 5.36. The molecule has 108 valence electrons. The maximum atomic E-state index is 5.36. The van der Waals surface area contributed by atoms with Gasteiger partial charge in [0.15, 0.2) is 0 Å². The Labute approximate surface area is 122 Å². The Morgan fingerprint density at radius 2 is 2.35 bits per heavy atom. The van der Waals surface area contributed by atoms with E-state index in [1.807, 2.05) is 18.7 Å². The highest BCUT2D eigenvalue weighted by Gasteiger charge is 2.30. The van der Waals surface area contributed by atoms with Crippen LogP contribution in [0.2, 0.25) is 0 Å². The number of fused-ring (bicyclic) bond motifs is 1. The van der Waals surface area contributed by atoms with Gasteiger partial charge in [-0.15, -0.1) is 16.4 Å². The SMILES string of the molecule is COC[C@H]1CN(Cc2csc(C)n2)Cc2nnn(C)c21. The lowest BCUT2D eigenvalue weighted by Crippen LogP contribution is -2.35. The molecule has 1 atom stereocenters. The molecule has 1 aliphatic heterocycles. The fourth-order valence-corrected chi connectivity index (χ4v) is 3.46. The summed E-state index contributed by atoms with van der Waals surface area (Å²) >= 11 is 1.70. The monoisotopic (exact) mass is 293 g/mol. The Bertz CT molecular complexity index is 593. The van der Waals surface area contributed by atoms with E-state index in [9.17, 15) is 0 Å². The molecule has 7 heteroatoms. The summed E-state index contributed by atoms with van der Waals surface area (Å²) < 4.78 is 7.23. The molecule has 0 saturated heterocycles. The van der Waals surface area contributed by atoms with Crippen molar-refractivity contribution in [3.8, 4) is 0 Å². The topological polar surface area (TPSA) is 56.1 Å². The number of ether oxygens (including phenoxy) is 1.